The zero-order valence-electron chi connectivity index (χ0n) is 23.1. The number of allylic oxidation sites excluding steroid dienone is 1. The molecule has 41 heavy (non-hydrogen) atoms. The maximum atomic E-state index is 14.7. The van der Waals surface area contributed by atoms with Crippen molar-refractivity contribution in [1.82, 2.24) is 14.5 Å². The minimum atomic E-state index is -0.483. The van der Waals surface area contributed by atoms with Gasteiger partial charge in [0.25, 0.3) is 5.56 Å². The number of morpholine rings is 1. The summed E-state index contributed by atoms with van der Waals surface area (Å²) in [5.74, 6) is 4.08. The molecule has 4 heterocycles. The molecule has 0 amide bonds. The summed E-state index contributed by atoms with van der Waals surface area (Å²) in [5, 5.41) is 0.773. The van der Waals surface area contributed by atoms with Crippen molar-refractivity contribution < 1.29 is 9.13 Å². The molecule has 1 aromatic carbocycles. The number of fused-ring (bicyclic) bond motifs is 2. The first-order valence-electron chi connectivity index (χ1n) is 14.6. The third-order valence-electron chi connectivity index (χ3n) is 8.45. The van der Waals surface area contributed by atoms with E-state index in [9.17, 15) is 9.18 Å². The van der Waals surface area contributed by atoms with Gasteiger partial charge in [0.2, 0.25) is 0 Å². The van der Waals surface area contributed by atoms with Crippen LogP contribution in [0.2, 0.25) is 5.02 Å². The van der Waals surface area contributed by atoms with Crippen LogP contribution in [0.5, 0.6) is 0 Å². The first-order chi connectivity index (χ1) is 20.0. The molecule has 2 aromatic heterocycles. The van der Waals surface area contributed by atoms with Gasteiger partial charge in [0.05, 0.1) is 18.6 Å². The minimum Gasteiger partial charge on any atom is -0.405 e. The lowest BCUT2D eigenvalue weighted by Gasteiger charge is -2.28. The third-order valence-corrected chi connectivity index (χ3v) is 8.68. The van der Waals surface area contributed by atoms with Crippen LogP contribution in [0.3, 0.4) is 0 Å². The molecule has 2 saturated carbocycles. The lowest BCUT2D eigenvalue weighted by atomic mass is 10.1. The smallest absolute Gasteiger partial charge is 0.261 e. The molecule has 7 rings (SSSR count). The Hall–Kier alpha value is -3.30. The van der Waals surface area contributed by atoms with E-state index < -0.39 is 5.82 Å². The quantitative estimate of drug-likeness (QED) is 0.396. The molecule has 0 bridgehead atoms. The normalized spacial score (nSPS) is 21.9. The van der Waals surface area contributed by atoms with Gasteiger partial charge in [-0.1, -0.05) is 11.6 Å². The number of aryl methyl sites for hydroxylation is 1. The number of nitrogens with zero attached hydrogens (tertiary/aromatic N) is 5. The molecule has 0 spiro atoms. The molecule has 8 nitrogen and oxygen atoms in total. The lowest BCUT2D eigenvalue weighted by molar-refractivity contribution is 0.122. The molecule has 10 heteroatoms. The summed E-state index contributed by atoms with van der Waals surface area (Å²) in [6.07, 6.45) is 12.5. The summed E-state index contributed by atoms with van der Waals surface area (Å²) in [5.41, 5.74) is 6.20. The standard InChI is InChI=1S/C20H18ClFN4O2.C11H18N2/c21-12-3-4-13(15(22)10-12)18-19-14(20(27)26-5-1-2-16(26)23-19)11-17(24-18)25-6-8-28-9-7-25;12-5-1-6-13-7-4-10-8-11(10)9-2-3-9/h3-4,10-11H,1-2,5-9H2;1,5-6,9-11H,2-4,7-8,12H2/b;5-1-,13-6?/t;10-,11?/m.0/s1. The van der Waals surface area contributed by atoms with Crippen molar-refractivity contribution in [3.8, 4) is 11.3 Å². The predicted molar refractivity (Wildman–Crippen MR) is 161 cm³/mol. The SMILES string of the molecule is N/C=C\C=NCC[C@H]1CC1C1CC1.O=c1c2cc(N3CCOCC3)nc(-c3ccc(Cl)cc3F)c2nc2n1CCC2. The van der Waals surface area contributed by atoms with Crippen LogP contribution >= 0.6 is 11.6 Å². The Morgan fingerprint density at radius 1 is 1.17 bits per heavy atom. The highest BCUT2D eigenvalue weighted by molar-refractivity contribution is 6.30. The Bertz CT molecular complexity index is 1530. The van der Waals surface area contributed by atoms with Gasteiger partial charge < -0.3 is 15.4 Å². The third kappa shape index (κ3) is 6.31. The summed E-state index contributed by atoms with van der Waals surface area (Å²) in [4.78, 5) is 28.9. The number of hydrogen-bond acceptors (Lipinski definition) is 7. The van der Waals surface area contributed by atoms with E-state index in [2.05, 4.69) is 9.89 Å². The van der Waals surface area contributed by atoms with Crippen molar-refractivity contribution in [3.05, 3.63) is 63.6 Å². The van der Waals surface area contributed by atoms with E-state index in [1.165, 1.54) is 37.9 Å². The summed E-state index contributed by atoms with van der Waals surface area (Å²) < 4.78 is 21.9. The lowest BCUT2D eigenvalue weighted by Crippen LogP contribution is -2.37. The van der Waals surface area contributed by atoms with E-state index in [0.29, 0.717) is 65.8 Å². The van der Waals surface area contributed by atoms with Crippen LogP contribution in [0, 0.1) is 23.6 Å². The van der Waals surface area contributed by atoms with E-state index in [-0.39, 0.29) is 5.56 Å². The Morgan fingerprint density at radius 3 is 2.76 bits per heavy atom. The van der Waals surface area contributed by atoms with Gasteiger partial charge in [-0.25, -0.2) is 14.4 Å². The van der Waals surface area contributed by atoms with Crippen LogP contribution in [-0.4, -0.2) is 53.6 Å². The molecule has 2 N–H and O–H groups in total. The molecular formula is C31H36ClFN6O2. The molecule has 1 unspecified atom stereocenters. The Labute approximate surface area is 244 Å². The minimum absolute atomic E-state index is 0.0926. The van der Waals surface area contributed by atoms with Gasteiger partial charge in [-0.05, 0) is 86.4 Å². The number of halogens is 2. The molecule has 4 aliphatic rings. The summed E-state index contributed by atoms with van der Waals surface area (Å²) in [7, 11) is 0. The number of anilines is 1. The van der Waals surface area contributed by atoms with Crippen molar-refractivity contribution in [2.75, 3.05) is 37.7 Å². The predicted octanol–water partition coefficient (Wildman–Crippen LogP) is 5.00. The van der Waals surface area contributed by atoms with E-state index >= 15 is 0 Å². The number of ether oxygens (including phenoxy) is 1. The summed E-state index contributed by atoms with van der Waals surface area (Å²) in [6.45, 7) is 4.16. The zero-order valence-corrected chi connectivity index (χ0v) is 23.9. The van der Waals surface area contributed by atoms with Crippen molar-refractivity contribution in [1.29, 1.82) is 0 Å². The molecule has 1 saturated heterocycles. The van der Waals surface area contributed by atoms with Crippen LogP contribution in [0.15, 0.2) is 46.3 Å². The molecule has 3 fully saturated rings. The number of hydrogen-bond donors (Lipinski definition) is 1. The Balaban J connectivity index is 0.000000195. The maximum Gasteiger partial charge on any atom is 0.261 e. The first kappa shape index (κ1) is 27.8. The topological polar surface area (TPSA) is 98.6 Å². The molecule has 2 atom stereocenters. The van der Waals surface area contributed by atoms with Gasteiger partial charge in [0.15, 0.2) is 0 Å². The highest BCUT2D eigenvalue weighted by Gasteiger charge is 2.46. The number of aliphatic imine (C=N–C) groups is 1. The molecule has 216 valence electrons. The number of aromatic nitrogens is 3. The monoisotopic (exact) mass is 578 g/mol. The van der Waals surface area contributed by atoms with Gasteiger partial charge >= 0.3 is 0 Å². The van der Waals surface area contributed by atoms with Gasteiger partial charge in [-0.3, -0.25) is 14.4 Å². The molecule has 0 radical (unpaired) electrons. The first-order valence-corrected chi connectivity index (χ1v) is 15.0. The van der Waals surface area contributed by atoms with E-state index in [1.807, 2.05) is 0 Å². The van der Waals surface area contributed by atoms with Crippen molar-refractivity contribution in [2.24, 2.45) is 28.5 Å². The molecule has 2 aliphatic carbocycles. The summed E-state index contributed by atoms with van der Waals surface area (Å²) >= 11 is 5.93. The van der Waals surface area contributed by atoms with Crippen molar-refractivity contribution in [3.63, 3.8) is 0 Å². The zero-order chi connectivity index (χ0) is 28.3. The molecule has 3 aromatic rings. The van der Waals surface area contributed by atoms with E-state index in [4.69, 9.17) is 32.0 Å². The van der Waals surface area contributed by atoms with Crippen LogP contribution in [0.1, 0.15) is 37.9 Å². The second-order valence-corrected chi connectivity index (χ2v) is 11.7. The Morgan fingerprint density at radius 2 is 2.00 bits per heavy atom. The fourth-order valence-electron chi connectivity index (χ4n) is 6.02. The van der Waals surface area contributed by atoms with Crippen LogP contribution < -0.4 is 16.2 Å². The van der Waals surface area contributed by atoms with Gasteiger partial charge in [-0.2, -0.15) is 0 Å². The number of benzene rings is 1. The van der Waals surface area contributed by atoms with E-state index in [1.54, 1.807) is 35.1 Å². The Kier molecular flexibility index (Phi) is 8.35. The largest absolute Gasteiger partial charge is 0.405 e. The molecular weight excluding hydrogens is 543 g/mol. The van der Waals surface area contributed by atoms with Crippen LogP contribution in [0.4, 0.5) is 10.2 Å². The van der Waals surface area contributed by atoms with Crippen molar-refractivity contribution >= 4 is 34.5 Å². The number of pyridine rings is 1. The second kappa shape index (κ2) is 12.3. The second-order valence-electron chi connectivity index (χ2n) is 11.3. The van der Waals surface area contributed by atoms with E-state index in [0.717, 1.165) is 43.0 Å². The van der Waals surface area contributed by atoms with Crippen LogP contribution in [-0.2, 0) is 17.7 Å². The van der Waals surface area contributed by atoms with Gasteiger partial charge in [0, 0.05) is 49.4 Å². The average Bonchev–Trinajstić information content (AvgIpc) is 3.91. The maximum absolute atomic E-state index is 14.7. The average molecular weight is 579 g/mol. The van der Waals surface area contributed by atoms with Gasteiger partial charge in [-0.15, -0.1) is 0 Å². The molecule has 2 aliphatic heterocycles. The fourth-order valence-corrected chi connectivity index (χ4v) is 6.18. The summed E-state index contributed by atoms with van der Waals surface area (Å²) in [6, 6.07) is 6.25. The van der Waals surface area contributed by atoms with Crippen molar-refractivity contribution in [2.45, 2.75) is 45.1 Å². The number of nitrogens with two attached hydrogens (primary N) is 1. The highest BCUT2D eigenvalue weighted by Crippen LogP contribution is 2.55. The van der Waals surface area contributed by atoms with Gasteiger partial charge in [0.1, 0.15) is 28.7 Å². The fraction of sp³-hybridized carbons (Fsp3) is 0.484. The van der Waals surface area contributed by atoms with Crippen LogP contribution in [0.25, 0.3) is 22.2 Å². The number of rotatable bonds is 7. The highest BCUT2D eigenvalue weighted by atomic mass is 35.5.